The summed E-state index contributed by atoms with van der Waals surface area (Å²) in [5.41, 5.74) is 1.83. The van der Waals surface area contributed by atoms with Crippen LogP contribution in [0.15, 0.2) is 70.4 Å². The molecule has 1 aliphatic heterocycles. The van der Waals surface area contributed by atoms with Gasteiger partial charge in [0, 0.05) is 39.4 Å². The van der Waals surface area contributed by atoms with Crippen molar-refractivity contribution in [1.82, 2.24) is 20.1 Å². The van der Waals surface area contributed by atoms with Gasteiger partial charge in [0.1, 0.15) is 9.64 Å². The first kappa shape index (κ1) is 22.2. The van der Waals surface area contributed by atoms with Crippen molar-refractivity contribution >= 4 is 34.8 Å². The standard InChI is InChI=1S/C20H20Cl3N5O2/c1-26(12-14-5-3-2-4-6-14)17(19(22)23)18(28(29)30)20-24-9-10-27(20)13-15-7-8-16(21)25-11-15/h2-8,11,24H,9-10,12-13H2,1H3/b20-18-. The minimum absolute atomic E-state index is 0.149. The molecule has 1 aromatic heterocycles. The molecule has 2 aromatic rings. The van der Waals surface area contributed by atoms with E-state index >= 15 is 0 Å². The molecule has 0 saturated carbocycles. The lowest BCUT2D eigenvalue weighted by Gasteiger charge is -2.24. The Morgan fingerprint density at radius 1 is 1.23 bits per heavy atom. The first-order valence-corrected chi connectivity index (χ1v) is 10.3. The van der Waals surface area contributed by atoms with Crippen molar-refractivity contribution in [2.75, 3.05) is 20.1 Å². The lowest BCUT2D eigenvalue weighted by Crippen LogP contribution is -2.29. The van der Waals surface area contributed by atoms with Crippen LogP contribution in [0.3, 0.4) is 0 Å². The third-order valence-corrected chi connectivity index (χ3v) is 5.19. The number of rotatable bonds is 7. The largest absolute Gasteiger partial charge is 0.364 e. The average molecular weight is 469 g/mol. The van der Waals surface area contributed by atoms with Crippen LogP contribution in [0.4, 0.5) is 0 Å². The summed E-state index contributed by atoms with van der Waals surface area (Å²) in [6, 6.07) is 13.1. The van der Waals surface area contributed by atoms with Gasteiger partial charge in [0.25, 0.3) is 0 Å². The predicted octanol–water partition coefficient (Wildman–Crippen LogP) is 4.36. The van der Waals surface area contributed by atoms with E-state index in [1.54, 1.807) is 24.2 Å². The Morgan fingerprint density at radius 3 is 2.57 bits per heavy atom. The summed E-state index contributed by atoms with van der Waals surface area (Å²) in [5.74, 6) is 0.365. The summed E-state index contributed by atoms with van der Waals surface area (Å²) in [5, 5.41) is 15.6. The fourth-order valence-electron chi connectivity index (χ4n) is 3.28. The molecule has 0 atom stereocenters. The van der Waals surface area contributed by atoms with Crippen molar-refractivity contribution in [2.45, 2.75) is 13.1 Å². The van der Waals surface area contributed by atoms with Crippen molar-refractivity contribution in [2.24, 2.45) is 0 Å². The van der Waals surface area contributed by atoms with Gasteiger partial charge in [0.15, 0.2) is 11.5 Å². The van der Waals surface area contributed by atoms with Crippen molar-refractivity contribution in [3.8, 4) is 0 Å². The maximum absolute atomic E-state index is 12.1. The van der Waals surface area contributed by atoms with Crippen LogP contribution >= 0.6 is 34.8 Å². The van der Waals surface area contributed by atoms with Crippen molar-refractivity contribution in [3.63, 3.8) is 0 Å². The third kappa shape index (κ3) is 5.36. The highest BCUT2D eigenvalue weighted by molar-refractivity contribution is 6.56. The van der Waals surface area contributed by atoms with E-state index < -0.39 is 4.92 Å². The van der Waals surface area contributed by atoms with Gasteiger partial charge in [-0.1, -0.05) is 71.2 Å². The summed E-state index contributed by atoms with van der Waals surface area (Å²) in [7, 11) is 1.72. The lowest BCUT2D eigenvalue weighted by molar-refractivity contribution is -0.425. The highest BCUT2D eigenvalue weighted by Gasteiger charge is 2.34. The molecule has 1 aromatic carbocycles. The lowest BCUT2D eigenvalue weighted by atomic mass is 10.2. The molecule has 3 rings (SSSR count). The number of nitro groups is 1. The number of pyridine rings is 1. The Hall–Kier alpha value is -2.48. The van der Waals surface area contributed by atoms with Crippen LogP contribution in [-0.2, 0) is 13.1 Å². The molecule has 2 heterocycles. The zero-order chi connectivity index (χ0) is 21.7. The van der Waals surface area contributed by atoms with Crippen LogP contribution < -0.4 is 5.32 Å². The van der Waals surface area contributed by atoms with Gasteiger partial charge in [-0.15, -0.1) is 0 Å². The number of likely N-dealkylation sites (N-methyl/N-ethyl adjacent to an activating group) is 1. The molecule has 10 heteroatoms. The van der Waals surface area contributed by atoms with E-state index in [1.807, 2.05) is 41.3 Å². The monoisotopic (exact) mass is 467 g/mol. The highest BCUT2D eigenvalue weighted by atomic mass is 35.5. The van der Waals surface area contributed by atoms with Crippen LogP contribution in [0.25, 0.3) is 0 Å². The molecular formula is C20H20Cl3N5O2. The zero-order valence-electron chi connectivity index (χ0n) is 16.2. The SMILES string of the molecule is CN(Cc1ccccc1)C(=C(Cl)Cl)/C(=C1\NCCN1Cc1ccc(Cl)nc1)[N+](=O)[O-]. The molecular weight excluding hydrogens is 449 g/mol. The van der Waals surface area contributed by atoms with Crippen LogP contribution in [0.5, 0.6) is 0 Å². The maximum atomic E-state index is 12.1. The second-order valence-electron chi connectivity index (χ2n) is 6.74. The molecule has 1 fully saturated rings. The number of halogens is 3. The Balaban J connectivity index is 1.95. The van der Waals surface area contributed by atoms with Crippen molar-refractivity contribution < 1.29 is 4.92 Å². The van der Waals surface area contributed by atoms with Crippen molar-refractivity contribution in [1.29, 1.82) is 0 Å². The van der Waals surface area contributed by atoms with Gasteiger partial charge in [-0.2, -0.15) is 0 Å². The second-order valence-corrected chi connectivity index (χ2v) is 8.08. The minimum atomic E-state index is -0.456. The number of hydrogen-bond donors (Lipinski definition) is 1. The Kier molecular flexibility index (Phi) is 7.42. The molecule has 0 aliphatic carbocycles. The predicted molar refractivity (Wildman–Crippen MR) is 118 cm³/mol. The normalized spacial score (nSPS) is 14.9. The number of nitrogens with one attached hydrogen (secondary N) is 1. The molecule has 0 radical (unpaired) electrons. The quantitative estimate of drug-likeness (QED) is 0.370. The summed E-state index contributed by atoms with van der Waals surface area (Å²) >= 11 is 18.1. The molecule has 30 heavy (non-hydrogen) atoms. The molecule has 7 nitrogen and oxygen atoms in total. The van der Waals surface area contributed by atoms with E-state index in [0.29, 0.717) is 37.2 Å². The van der Waals surface area contributed by atoms with Gasteiger partial charge in [0.05, 0.1) is 4.92 Å². The summed E-state index contributed by atoms with van der Waals surface area (Å²) in [6.07, 6.45) is 1.65. The molecule has 0 unspecified atom stereocenters. The van der Waals surface area contributed by atoms with E-state index in [1.165, 1.54) is 0 Å². The van der Waals surface area contributed by atoms with E-state index in [2.05, 4.69) is 10.3 Å². The van der Waals surface area contributed by atoms with E-state index in [-0.39, 0.29) is 15.9 Å². The average Bonchev–Trinajstić information content (AvgIpc) is 3.15. The smallest absolute Gasteiger partial charge is 0.334 e. The van der Waals surface area contributed by atoms with Crippen LogP contribution in [-0.4, -0.2) is 39.8 Å². The molecule has 158 valence electrons. The number of benzene rings is 1. The molecule has 1 saturated heterocycles. The topological polar surface area (TPSA) is 74.5 Å². The van der Waals surface area contributed by atoms with E-state index in [0.717, 1.165) is 11.1 Å². The van der Waals surface area contributed by atoms with Gasteiger partial charge in [-0.3, -0.25) is 10.1 Å². The van der Waals surface area contributed by atoms with Crippen LogP contribution in [0, 0.1) is 10.1 Å². The first-order chi connectivity index (χ1) is 14.4. The Bertz CT molecular complexity index is 960. The Labute approximate surface area is 189 Å². The first-order valence-electron chi connectivity index (χ1n) is 9.15. The maximum Gasteiger partial charge on any atom is 0.334 e. The number of aromatic nitrogens is 1. The van der Waals surface area contributed by atoms with Crippen LogP contribution in [0.1, 0.15) is 11.1 Å². The van der Waals surface area contributed by atoms with E-state index in [9.17, 15) is 10.1 Å². The fourth-order valence-corrected chi connectivity index (χ4v) is 3.86. The zero-order valence-corrected chi connectivity index (χ0v) is 18.5. The van der Waals surface area contributed by atoms with Gasteiger partial charge >= 0.3 is 5.70 Å². The molecule has 1 aliphatic rings. The summed E-state index contributed by atoms with van der Waals surface area (Å²) in [6.45, 7) is 1.98. The molecule has 0 amide bonds. The Morgan fingerprint density at radius 2 is 1.97 bits per heavy atom. The summed E-state index contributed by atoms with van der Waals surface area (Å²) < 4.78 is -0.172. The molecule has 0 bridgehead atoms. The highest BCUT2D eigenvalue weighted by Crippen LogP contribution is 2.30. The molecule has 1 N–H and O–H groups in total. The number of hydrogen-bond acceptors (Lipinski definition) is 6. The van der Waals surface area contributed by atoms with E-state index in [4.69, 9.17) is 34.8 Å². The second kappa shape index (κ2) is 10.0. The minimum Gasteiger partial charge on any atom is -0.364 e. The van der Waals surface area contributed by atoms with Gasteiger partial charge in [-0.05, 0) is 17.2 Å². The summed E-state index contributed by atoms with van der Waals surface area (Å²) in [4.78, 5) is 19.3. The third-order valence-electron chi connectivity index (χ3n) is 4.61. The van der Waals surface area contributed by atoms with Gasteiger partial charge in [-0.25, -0.2) is 4.98 Å². The van der Waals surface area contributed by atoms with Gasteiger partial charge in [0.2, 0.25) is 0 Å². The fraction of sp³-hybridized carbons (Fsp3) is 0.250. The van der Waals surface area contributed by atoms with Crippen molar-refractivity contribution in [3.05, 3.63) is 96.8 Å². The number of nitrogens with zero attached hydrogens (tertiary/aromatic N) is 4. The van der Waals surface area contributed by atoms with Crippen LogP contribution in [0.2, 0.25) is 5.15 Å². The van der Waals surface area contributed by atoms with Gasteiger partial charge < -0.3 is 15.1 Å². The molecule has 0 spiro atoms.